The summed E-state index contributed by atoms with van der Waals surface area (Å²) in [6, 6.07) is 11.7. The molecule has 2 aromatic carbocycles. The number of methoxy groups -OCH3 is 1. The molecule has 0 spiro atoms. The largest absolute Gasteiger partial charge is 0.493 e. The maximum Gasteiger partial charge on any atom is 0.273 e. The molecular weight excluding hydrogens is 360 g/mol. The zero-order chi connectivity index (χ0) is 20.4. The van der Waals surface area contributed by atoms with Crippen LogP contribution in [0.15, 0.2) is 42.5 Å². The lowest BCUT2D eigenvalue weighted by molar-refractivity contribution is 0.0844. The van der Waals surface area contributed by atoms with E-state index in [1.807, 2.05) is 6.92 Å². The third-order valence-corrected chi connectivity index (χ3v) is 3.90. The number of hydrogen-bond acceptors (Lipinski definition) is 5. The van der Waals surface area contributed by atoms with Crippen molar-refractivity contribution in [1.29, 1.82) is 0 Å². The molecule has 0 saturated heterocycles. The first-order valence-electron chi connectivity index (χ1n) is 9.24. The smallest absolute Gasteiger partial charge is 0.273 e. The van der Waals surface area contributed by atoms with Gasteiger partial charge < -0.3 is 14.2 Å². The molecule has 0 bridgehead atoms. The first-order valence-corrected chi connectivity index (χ1v) is 9.24. The number of ether oxygens (including phenoxy) is 3. The summed E-state index contributed by atoms with van der Waals surface area (Å²) >= 11 is 0. The molecule has 2 aromatic rings. The van der Waals surface area contributed by atoms with Crippen LogP contribution in [-0.2, 0) is 0 Å². The van der Waals surface area contributed by atoms with Crippen molar-refractivity contribution in [2.24, 2.45) is 0 Å². The molecular formula is C21H26N2O5. The lowest BCUT2D eigenvalue weighted by atomic mass is 10.2. The number of unbranched alkanes of at least 4 members (excludes halogenated alkanes) is 1. The fourth-order valence-electron chi connectivity index (χ4n) is 2.44. The van der Waals surface area contributed by atoms with Crippen molar-refractivity contribution in [3.05, 3.63) is 53.6 Å². The summed E-state index contributed by atoms with van der Waals surface area (Å²) in [5.41, 5.74) is 5.47. The zero-order valence-electron chi connectivity index (χ0n) is 16.4. The average Bonchev–Trinajstić information content (AvgIpc) is 2.72. The lowest BCUT2D eigenvalue weighted by Crippen LogP contribution is -2.41. The lowest BCUT2D eigenvalue weighted by Gasteiger charge is -2.13. The van der Waals surface area contributed by atoms with Crippen LogP contribution in [0, 0.1) is 0 Å². The molecule has 0 aliphatic carbocycles. The fraction of sp³-hybridized carbons (Fsp3) is 0.333. The Hall–Kier alpha value is -3.22. The number of rotatable bonds is 9. The zero-order valence-corrected chi connectivity index (χ0v) is 16.4. The second kappa shape index (κ2) is 10.8. The second-order valence-electron chi connectivity index (χ2n) is 5.91. The molecule has 0 unspecified atom stereocenters. The van der Waals surface area contributed by atoms with Crippen LogP contribution < -0.4 is 25.1 Å². The predicted molar refractivity (Wildman–Crippen MR) is 106 cm³/mol. The van der Waals surface area contributed by atoms with E-state index in [4.69, 9.17) is 14.2 Å². The summed E-state index contributed by atoms with van der Waals surface area (Å²) in [6.45, 7) is 4.92. The van der Waals surface area contributed by atoms with E-state index in [1.54, 1.807) is 42.5 Å². The third-order valence-electron chi connectivity index (χ3n) is 3.90. The first-order chi connectivity index (χ1) is 13.6. The van der Waals surface area contributed by atoms with E-state index >= 15 is 0 Å². The van der Waals surface area contributed by atoms with E-state index in [2.05, 4.69) is 17.8 Å². The summed E-state index contributed by atoms with van der Waals surface area (Å²) in [7, 11) is 1.51. The molecule has 0 radical (unpaired) electrons. The number of para-hydroxylation sites is 1. The highest BCUT2D eigenvalue weighted by Gasteiger charge is 2.15. The molecule has 2 N–H and O–H groups in total. The van der Waals surface area contributed by atoms with Gasteiger partial charge in [0, 0.05) is 5.56 Å². The van der Waals surface area contributed by atoms with E-state index in [9.17, 15) is 9.59 Å². The molecule has 0 saturated carbocycles. The highest BCUT2D eigenvalue weighted by molar-refractivity contribution is 6.00. The minimum Gasteiger partial charge on any atom is -0.493 e. The van der Waals surface area contributed by atoms with Crippen LogP contribution in [0.25, 0.3) is 0 Å². The second-order valence-corrected chi connectivity index (χ2v) is 5.91. The van der Waals surface area contributed by atoms with Gasteiger partial charge in [0.15, 0.2) is 11.5 Å². The first kappa shape index (κ1) is 21.1. The Balaban J connectivity index is 2.02. The van der Waals surface area contributed by atoms with E-state index in [1.165, 1.54) is 7.11 Å². The maximum absolute atomic E-state index is 12.4. The molecule has 28 heavy (non-hydrogen) atoms. The van der Waals surface area contributed by atoms with Crippen molar-refractivity contribution in [3.63, 3.8) is 0 Å². The van der Waals surface area contributed by atoms with Crippen molar-refractivity contribution in [3.8, 4) is 17.2 Å². The molecule has 150 valence electrons. The molecule has 0 aliphatic rings. The minimum atomic E-state index is -0.472. The van der Waals surface area contributed by atoms with Gasteiger partial charge in [-0.25, -0.2) is 0 Å². The van der Waals surface area contributed by atoms with Crippen molar-refractivity contribution in [1.82, 2.24) is 10.9 Å². The van der Waals surface area contributed by atoms with Gasteiger partial charge in [-0.05, 0) is 43.7 Å². The van der Waals surface area contributed by atoms with Crippen LogP contribution in [0.4, 0.5) is 0 Å². The Bertz CT molecular complexity index is 807. The number of benzene rings is 2. The molecule has 0 aromatic heterocycles. The summed E-state index contributed by atoms with van der Waals surface area (Å²) in [6.07, 6.45) is 1.95. The summed E-state index contributed by atoms with van der Waals surface area (Å²) in [4.78, 5) is 24.7. The number of amides is 2. The predicted octanol–water partition coefficient (Wildman–Crippen LogP) is 3.35. The Labute approximate surface area is 165 Å². The number of nitrogens with one attached hydrogen (secondary N) is 2. The van der Waals surface area contributed by atoms with Gasteiger partial charge >= 0.3 is 0 Å². The van der Waals surface area contributed by atoms with Crippen molar-refractivity contribution < 1.29 is 23.8 Å². The van der Waals surface area contributed by atoms with Crippen molar-refractivity contribution in [2.75, 3.05) is 20.3 Å². The molecule has 2 amide bonds. The molecule has 2 rings (SSSR count). The van der Waals surface area contributed by atoms with Crippen LogP contribution >= 0.6 is 0 Å². The van der Waals surface area contributed by atoms with Crippen LogP contribution in [0.3, 0.4) is 0 Å². The normalized spacial score (nSPS) is 10.1. The highest BCUT2D eigenvalue weighted by atomic mass is 16.5. The van der Waals surface area contributed by atoms with Crippen LogP contribution in [-0.4, -0.2) is 32.1 Å². The SMILES string of the molecule is CCCCOc1ccc(C(=O)NNC(=O)c2ccccc2OCC)cc1OC. The Morgan fingerprint density at radius 1 is 0.893 bits per heavy atom. The Morgan fingerprint density at radius 3 is 2.36 bits per heavy atom. The summed E-state index contributed by atoms with van der Waals surface area (Å²) < 4.78 is 16.4. The molecule has 0 atom stereocenters. The standard InChI is InChI=1S/C21H26N2O5/c1-4-6-13-28-18-12-11-15(14-19(18)26-3)20(24)22-23-21(25)16-9-7-8-10-17(16)27-5-2/h7-12,14H,4-6,13H2,1-3H3,(H,22,24)(H,23,25). The van der Waals surface area contributed by atoms with Crippen LogP contribution in [0.1, 0.15) is 47.4 Å². The van der Waals surface area contributed by atoms with Gasteiger partial charge in [-0.15, -0.1) is 0 Å². The van der Waals surface area contributed by atoms with Gasteiger partial charge in [0.05, 0.1) is 25.9 Å². The molecule has 0 fully saturated rings. The number of carbonyl (C=O) groups is 2. The van der Waals surface area contributed by atoms with Gasteiger partial charge in [-0.2, -0.15) is 0 Å². The number of hydrogen-bond donors (Lipinski definition) is 2. The number of carbonyl (C=O) groups excluding carboxylic acids is 2. The Kier molecular flexibility index (Phi) is 8.14. The van der Waals surface area contributed by atoms with Gasteiger partial charge in [-0.3, -0.25) is 20.4 Å². The Morgan fingerprint density at radius 2 is 1.64 bits per heavy atom. The van der Waals surface area contributed by atoms with Gasteiger partial charge in [0.25, 0.3) is 11.8 Å². The van der Waals surface area contributed by atoms with Crippen LogP contribution in [0.2, 0.25) is 0 Å². The van der Waals surface area contributed by atoms with Gasteiger partial charge in [-0.1, -0.05) is 25.5 Å². The third kappa shape index (κ3) is 5.64. The van der Waals surface area contributed by atoms with E-state index in [-0.39, 0.29) is 0 Å². The van der Waals surface area contributed by atoms with E-state index in [0.717, 1.165) is 12.8 Å². The van der Waals surface area contributed by atoms with Gasteiger partial charge in [0.2, 0.25) is 0 Å². The van der Waals surface area contributed by atoms with Gasteiger partial charge in [0.1, 0.15) is 5.75 Å². The van der Waals surface area contributed by atoms with E-state index < -0.39 is 11.8 Å². The minimum absolute atomic E-state index is 0.332. The molecule has 7 heteroatoms. The molecule has 7 nitrogen and oxygen atoms in total. The summed E-state index contributed by atoms with van der Waals surface area (Å²) in [5.74, 6) is 0.537. The fourth-order valence-corrected chi connectivity index (χ4v) is 2.44. The van der Waals surface area contributed by atoms with Crippen molar-refractivity contribution in [2.45, 2.75) is 26.7 Å². The van der Waals surface area contributed by atoms with E-state index in [0.29, 0.717) is 41.6 Å². The quantitative estimate of drug-likeness (QED) is 0.510. The summed E-state index contributed by atoms with van der Waals surface area (Å²) in [5, 5.41) is 0. The average molecular weight is 386 g/mol. The topological polar surface area (TPSA) is 85.9 Å². The van der Waals surface area contributed by atoms with Crippen molar-refractivity contribution >= 4 is 11.8 Å². The highest BCUT2D eigenvalue weighted by Crippen LogP contribution is 2.28. The monoisotopic (exact) mass is 386 g/mol. The van der Waals surface area contributed by atoms with Crippen LogP contribution in [0.5, 0.6) is 17.2 Å². The number of hydrazine groups is 1. The molecule has 0 aliphatic heterocycles. The molecule has 0 heterocycles. The maximum atomic E-state index is 12.4.